The summed E-state index contributed by atoms with van der Waals surface area (Å²) in [5, 5.41) is 0. The van der Waals surface area contributed by atoms with Crippen molar-refractivity contribution in [2.24, 2.45) is 0 Å². The monoisotopic (exact) mass is 188 g/mol. The molecule has 70 valence electrons. The van der Waals surface area contributed by atoms with E-state index in [-0.39, 0.29) is 0 Å². The van der Waals surface area contributed by atoms with E-state index in [2.05, 4.69) is 11.9 Å². The summed E-state index contributed by atoms with van der Waals surface area (Å²) in [6, 6.07) is 0. The zero-order valence-electron chi connectivity index (χ0n) is 7.96. The highest BCUT2D eigenvalue weighted by atomic mass is 31.2. The first-order valence-electron chi connectivity index (χ1n) is 4.92. The summed E-state index contributed by atoms with van der Waals surface area (Å²) in [5.41, 5.74) is 0. The Morgan fingerprint density at radius 2 is 1.92 bits per heavy atom. The topological polar surface area (TPSA) is 12.5 Å². The maximum Gasteiger partial charge on any atom is 0.111 e. The molecular formula is C9H19NOP+. The van der Waals surface area contributed by atoms with Crippen LogP contribution < -0.4 is 0 Å². The fraction of sp³-hybridized carbons (Fsp3) is 1.00. The van der Waals surface area contributed by atoms with Crippen molar-refractivity contribution in [3.05, 3.63) is 0 Å². The fourth-order valence-corrected chi connectivity index (χ4v) is 6.53. The minimum atomic E-state index is -0.540. The van der Waals surface area contributed by atoms with Gasteiger partial charge in [-0.25, -0.2) is 0 Å². The lowest BCUT2D eigenvalue weighted by molar-refractivity contribution is 0.155. The Morgan fingerprint density at radius 1 is 1.17 bits per heavy atom. The van der Waals surface area contributed by atoms with Crippen LogP contribution in [-0.4, -0.2) is 56.5 Å². The lowest BCUT2D eigenvalue weighted by atomic mass is 10.4. The van der Waals surface area contributed by atoms with Crippen LogP contribution in [0.3, 0.4) is 0 Å². The normalized spacial score (nSPS) is 30.8. The molecule has 2 saturated heterocycles. The number of hydrogen-bond donors (Lipinski definition) is 0. The molecule has 0 N–H and O–H groups in total. The second-order valence-corrected chi connectivity index (χ2v) is 8.51. The Morgan fingerprint density at radius 3 is 2.58 bits per heavy atom. The Hall–Kier alpha value is 0.350. The van der Waals surface area contributed by atoms with Gasteiger partial charge in [-0.1, -0.05) is 0 Å². The summed E-state index contributed by atoms with van der Waals surface area (Å²) in [5.74, 6) is 0. The van der Waals surface area contributed by atoms with Gasteiger partial charge in [0.15, 0.2) is 0 Å². The van der Waals surface area contributed by atoms with E-state index in [0.717, 1.165) is 13.2 Å². The van der Waals surface area contributed by atoms with Gasteiger partial charge in [0.2, 0.25) is 0 Å². The highest BCUT2D eigenvalue weighted by Crippen LogP contribution is 2.61. The molecule has 0 unspecified atom stereocenters. The summed E-state index contributed by atoms with van der Waals surface area (Å²) in [6.45, 7) is 3.41. The number of rotatable bonds is 0. The van der Waals surface area contributed by atoms with Crippen molar-refractivity contribution >= 4 is 7.26 Å². The van der Waals surface area contributed by atoms with Crippen molar-refractivity contribution in [3.63, 3.8) is 0 Å². The van der Waals surface area contributed by atoms with E-state index in [1.165, 1.54) is 31.6 Å². The molecule has 0 aromatic rings. The zero-order chi connectivity index (χ0) is 8.44. The predicted octanol–water partition coefficient (Wildman–Crippen LogP) is 1.33. The summed E-state index contributed by atoms with van der Waals surface area (Å²) >= 11 is 0. The van der Waals surface area contributed by atoms with E-state index < -0.39 is 7.26 Å². The number of ether oxygens (including phenoxy) is 1. The lowest BCUT2D eigenvalue weighted by Gasteiger charge is -2.37. The molecule has 2 heterocycles. The van der Waals surface area contributed by atoms with Crippen molar-refractivity contribution in [2.75, 3.05) is 51.6 Å². The Kier molecular flexibility index (Phi) is 2.69. The third kappa shape index (κ3) is 1.81. The molecule has 0 aromatic heterocycles. The summed E-state index contributed by atoms with van der Waals surface area (Å²) in [4.78, 5) is 2.53. The molecule has 0 atom stereocenters. The fourth-order valence-electron chi connectivity index (χ4n) is 2.42. The maximum absolute atomic E-state index is 5.44. The molecule has 1 spiro atoms. The standard InChI is InChI=1S/C9H19NOP/c1-10-3-2-6-12(9-10)7-4-11-5-8-12/h2-9H2,1H3/q+1. The Labute approximate surface area is 75.6 Å². The van der Waals surface area contributed by atoms with Gasteiger partial charge in [0.1, 0.15) is 6.29 Å². The molecule has 2 fully saturated rings. The van der Waals surface area contributed by atoms with Crippen LogP contribution in [0.25, 0.3) is 0 Å². The first kappa shape index (κ1) is 8.93. The Bertz CT molecular complexity index is 151. The highest BCUT2D eigenvalue weighted by molar-refractivity contribution is 7.76. The minimum Gasteiger partial charge on any atom is -0.374 e. The van der Waals surface area contributed by atoms with Gasteiger partial charge in [-0.05, 0) is 13.5 Å². The summed E-state index contributed by atoms with van der Waals surface area (Å²) in [6.07, 6.45) is 7.19. The third-order valence-corrected chi connectivity index (χ3v) is 7.74. The SMILES string of the molecule is CN1CCC[P+]2(CCOCC2)C1. The third-order valence-electron chi connectivity index (χ3n) is 3.13. The van der Waals surface area contributed by atoms with Crippen LogP contribution in [0.15, 0.2) is 0 Å². The number of nitrogens with zero attached hydrogens (tertiary/aromatic N) is 1. The molecule has 2 nitrogen and oxygen atoms in total. The highest BCUT2D eigenvalue weighted by Gasteiger charge is 2.42. The van der Waals surface area contributed by atoms with Crippen molar-refractivity contribution in [1.82, 2.24) is 4.90 Å². The Balaban J connectivity index is 1.97. The van der Waals surface area contributed by atoms with Crippen molar-refractivity contribution in [1.29, 1.82) is 0 Å². The smallest absolute Gasteiger partial charge is 0.111 e. The molecule has 0 amide bonds. The minimum absolute atomic E-state index is 0.540. The molecule has 0 aliphatic carbocycles. The quantitative estimate of drug-likeness (QED) is 0.532. The van der Waals surface area contributed by atoms with E-state index >= 15 is 0 Å². The van der Waals surface area contributed by atoms with E-state index in [4.69, 9.17) is 4.74 Å². The molecule has 0 bridgehead atoms. The van der Waals surface area contributed by atoms with Crippen molar-refractivity contribution in [3.8, 4) is 0 Å². The van der Waals surface area contributed by atoms with Crippen LogP contribution in [0.4, 0.5) is 0 Å². The predicted molar refractivity (Wildman–Crippen MR) is 54.5 cm³/mol. The van der Waals surface area contributed by atoms with Gasteiger partial charge in [-0.3, -0.25) is 4.90 Å². The van der Waals surface area contributed by atoms with Crippen LogP contribution >= 0.6 is 7.26 Å². The van der Waals surface area contributed by atoms with Gasteiger partial charge in [-0.15, -0.1) is 0 Å². The van der Waals surface area contributed by atoms with Gasteiger partial charge in [0.05, 0.1) is 31.7 Å². The van der Waals surface area contributed by atoms with E-state index in [9.17, 15) is 0 Å². The molecule has 12 heavy (non-hydrogen) atoms. The average Bonchev–Trinajstić information content (AvgIpc) is 2.05. The van der Waals surface area contributed by atoms with Gasteiger partial charge < -0.3 is 4.74 Å². The van der Waals surface area contributed by atoms with Gasteiger partial charge >= 0.3 is 0 Å². The van der Waals surface area contributed by atoms with E-state index in [1.54, 1.807) is 6.16 Å². The van der Waals surface area contributed by atoms with Crippen LogP contribution in [0.5, 0.6) is 0 Å². The average molecular weight is 188 g/mol. The van der Waals surface area contributed by atoms with E-state index in [1.807, 2.05) is 0 Å². The molecule has 2 aliphatic heterocycles. The van der Waals surface area contributed by atoms with Gasteiger partial charge in [0, 0.05) is 13.8 Å². The van der Waals surface area contributed by atoms with Gasteiger partial charge in [0.25, 0.3) is 0 Å². The molecule has 0 saturated carbocycles. The molecule has 0 radical (unpaired) electrons. The van der Waals surface area contributed by atoms with Crippen molar-refractivity contribution < 1.29 is 4.74 Å². The van der Waals surface area contributed by atoms with E-state index in [0.29, 0.717) is 0 Å². The molecular weight excluding hydrogens is 169 g/mol. The summed E-state index contributed by atoms with van der Waals surface area (Å²) < 4.78 is 5.44. The van der Waals surface area contributed by atoms with Crippen LogP contribution in [0.2, 0.25) is 0 Å². The van der Waals surface area contributed by atoms with Crippen molar-refractivity contribution in [2.45, 2.75) is 6.42 Å². The van der Waals surface area contributed by atoms with Crippen LogP contribution in [0.1, 0.15) is 6.42 Å². The largest absolute Gasteiger partial charge is 0.374 e. The first-order valence-corrected chi connectivity index (χ1v) is 7.45. The van der Waals surface area contributed by atoms with Crippen LogP contribution in [-0.2, 0) is 4.74 Å². The molecule has 2 rings (SSSR count). The first-order chi connectivity index (χ1) is 5.81. The number of hydrogen-bond acceptors (Lipinski definition) is 2. The molecule has 3 heteroatoms. The lowest BCUT2D eigenvalue weighted by Crippen LogP contribution is -2.36. The maximum atomic E-state index is 5.44. The summed E-state index contributed by atoms with van der Waals surface area (Å²) in [7, 11) is 1.73. The van der Waals surface area contributed by atoms with Gasteiger partial charge in [-0.2, -0.15) is 0 Å². The second kappa shape index (κ2) is 3.61. The molecule has 0 aromatic carbocycles. The molecule has 2 aliphatic rings. The zero-order valence-corrected chi connectivity index (χ0v) is 8.85. The second-order valence-electron chi connectivity index (χ2n) is 4.20. The van der Waals surface area contributed by atoms with Crippen LogP contribution in [0, 0.1) is 0 Å².